The molecule has 1 saturated carbocycles. The van der Waals surface area contributed by atoms with Gasteiger partial charge in [0, 0.05) is 13.7 Å². The maximum absolute atomic E-state index is 12.2. The van der Waals surface area contributed by atoms with Crippen molar-refractivity contribution < 1.29 is 24.2 Å². The highest BCUT2D eigenvalue weighted by Gasteiger charge is 2.58. The van der Waals surface area contributed by atoms with Gasteiger partial charge in [0.1, 0.15) is 0 Å². The summed E-state index contributed by atoms with van der Waals surface area (Å²) in [5.41, 5.74) is -1.46. The summed E-state index contributed by atoms with van der Waals surface area (Å²) in [6.45, 7) is 6.46. The Balaban J connectivity index is 2.56. The molecule has 2 atom stereocenters. The van der Waals surface area contributed by atoms with Crippen molar-refractivity contribution in [3.8, 4) is 0 Å². The molecular formula is C15H26O5. The zero-order valence-corrected chi connectivity index (χ0v) is 12.9. The third kappa shape index (κ3) is 3.14. The Labute approximate surface area is 120 Å². The number of carboxylic acid groups (broad SMARTS) is 1. The Kier molecular flexibility index (Phi) is 5.57. The van der Waals surface area contributed by atoms with E-state index in [-0.39, 0.29) is 11.9 Å². The lowest BCUT2D eigenvalue weighted by molar-refractivity contribution is -0.160. The molecule has 20 heavy (non-hydrogen) atoms. The van der Waals surface area contributed by atoms with Crippen LogP contribution < -0.4 is 0 Å². The van der Waals surface area contributed by atoms with E-state index in [0.29, 0.717) is 26.1 Å². The predicted octanol–water partition coefficient (Wildman–Crippen LogP) is 2.48. The zero-order chi connectivity index (χ0) is 15.4. The van der Waals surface area contributed by atoms with Crippen LogP contribution in [-0.4, -0.2) is 37.4 Å². The summed E-state index contributed by atoms with van der Waals surface area (Å²) in [5.74, 6) is -1.44. The van der Waals surface area contributed by atoms with E-state index in [1.165, 1.54) is 0 Å². The van der Waals surface area contributed by atoms with Crippen LogP contribution >= 0.6 is 0 Å². The Bertz CT molecular complexity index is 363. The molecule has 5 heteroatoms. The number of unbranched alkanes of at least 4 members (excludes halogenated alkanes) is 1. The molecule has 1 aliphatic rings. The number of rotatable bonds is 7. The van der Waals surface area contributed by atoms with Crippen LogP contribution in [0.25, 0.3) is 0 Å². The van der Waals surface area contributed by atoms with Gasteiger partial charge >= 0.3 is 11.9 Å². The molecule has 0 heterocycles. The molecule has 2 unspecified atom stereocenters. The van der Waals surface area contributed by atoms with Gasteiger partial charge in [-0.2, -0.15) is 0 Å². The average Bonchev–Trinajstić information content (AvgIpc) is 2.61. The van der Waals surface area contributed by atoms with Crippen molar-refractivity contribution in [2.75, 3.05) is 20.3 Å². The highest BCUT2D eigenvalue weighted by atomic mass is 16.5. The number of carbonyl (C=O) groups excluding carboxylic acids is 1. The highest BCUT2D eigenvalue weighted by molar-refractivity contribution is 5.80. The first kappa shape index (κ1) is 17.0. The number of aliphatic carboxylic acids is 1. The molecule has 0 aromatic carbocycles. The number of hydrogen-bond acceptors (Lipinski definition) is 4. The van der Waals surface area contributed by atoms with Crippen molar-refractivity contribution in [3.05, 3.63) is 0 Å². The van der Waals surface area contributed by atoms with Crippen molar-refractivity contribution in [2.24, 2.45) is 16.7 Å². The molecule has 1 fully saturated rings. The van der Waals surface area contributed by atoms with Crippen LogP contribution in [0.2, 0.25) is 0 Å². The Morgan fingerprint density at radius 2 is 1.80 bits per heavy atom. The minimum Gasteiger partial charge on any atom is -0.481 e. The summed E-state index contributed by atoms with van der Waals surface area (Å²) < 4.78 is 10.2. The number of carboxylic acids is 1. The van der Waals surface area contributed by atoms with Crippen LogP contribution in [0.5, 0.6) is 0 Å². The summed E-state index contributed by atoms with van der Waals surface area (Å²) in [6.07, 6.45) is 2.71. The molecule has 0 aromatic heterocycles. The molecule has 0 aliphatic heterocycles. The number of hydrogen-bond donors (Lipinski definition) is 1. The Morgan fingerprint density at radius 3 is 2.30 bits per heavy atom. The van der Waals surface area contributed by atoms with Gasteiger partial charge in [0.05, 0.1) is 17.9 Å². The van der Waals surface area contributed by atoms with E-state index in [0.717, 1.165) is 12.8 Å². The van der Waals surface area contributed by atoms with E-state index in [9.17, 15) is 14.7 Å². The summed E-state index contributed by atoms with van der Waals surface area (Å²) in [5, 5.41) is 9.41. The largest absolute Gasteiger partial charge is 0.481 e. The first-order valence-electron chi connectivity index (χ1n) is 7.16. The van der Waals surface area contributed by atoms with Gasteiger partial charge in [-0.25, -0.2) is 0 Å². The van der Waals surface area contributed by atoms with Gasteiger partial charge in [0.2, 0.25) is 0 Å². The second kappa shape index (κ2) is 6.57. The van der Waals surface area contributed by atoms with E-state index in [1.54, 1.807) is 14.0 Å². The quantitative estimate of drug-likeness (QED) is 0.575. The van der Waals surface area contributed by atoms with Gasteiger partial charge in [0.15, 0.2) is 0 Å². The molecular weight excluding hydrogens is 260 g/mol. The molecule has 0 aromatic rings. The number of ether oxygens (including phenoxy) is 2. The number of esters is 1. The van der Waals surface area contributed by atoms with Gasteiger partial charge in [-0.1, -0.05) is 13.8 Å². The molecule has 1 aliphatic carbocycles. The van der Waals surface area contributed by atoms with E-state index in [1.807, 2.05) is 13.8 Å². The van der Waals surface area contributed by atoms with Crippen LogP contribution in [-0.2, 0) is 19.1 Å². The minimum absolute atomic E-state index is 0.266. The SMILES string of the molecule is COCCCCOC(=O)C1CCC(C)(C(=O)O)C1(C)C. The Hall–Kier alpha value is -1.10. The van der Waals surface area contributed by atoms with Crippen molar-refractivity contribution >= 4 is 11.9 Å². The maximum Gasteiger partial charge on any atom is 0.309 e. The second-order valence-corrected chi connectivity index (χ2v) is 6.32. The number of carbonyl (C=O) groups is 2. The van der Waals surface area contributed by atoms with Crippen molar-refractivity contribution in [1.82, 2.24) is 0 Å². The monoisotopic (exact) mass is 286 g/mol. The van der Waals surface area contributed by atoms with E-state index in [4.69, 9.17) is 9.47 Å². The Morgan fingerprint density at radius 1 is 1.20 bits per heavy atom. The standard InChI is InChI=1S/C15H26O5/c1-14(2)11(7-8-15(14,3)13(17)18)12(16)20-10-6-5-9-19-4/h11H,5-10H2,1-4H3,(H,17,18). The van der Waals surface area contributed by atoms with Crippen LogP contribution in [0, 0.1) is 16.7 Å². The third-order valence-corrected chi connectivity index (χ3v) is 4.97. The van der Waals surface area contributed by atoms with Gasteiger partial charge in [-0.15, -0.1) is 0 Å². The predicted molar refractivity (Wildman–Crippen MR) is 74.3 cm³/mol. The van der Waals surface area contributed by atoms with Crippen LogP contribution in [0.15, 0.2) is 0 Å². The molecule has 116 valence electrons. The smallest absolute Gasteiger partial charge is 0.309 e. The molecule has 1 rings (SSSR count). The molecule has 1 N–H and O–H groups in total. The van der Waals surface area contributed by atoms with Crippen molar-refractivity contribution in [1.29, 1.82) is 0 Å². The average molecular weight is 286 g/mol. The molecule has 0 amide bonds. The third-order valence-electron chi connectivity index (χ3n) is 4.97. The van der Waals surface area contributed by atoms with E-state index < -0.39 is 16.8 Å². The van der Waals surface area contributed by atoms with E-state index >= 15 is 0 Å². The maximum atomic E-state index is 12.2. The molecule has 0 radical (unpaired) electrons. The fourth-order valence-electron chi connectivity index (χ4n) is 2.92. The molecule has 0 saturated heterocycles. The first-order chi connectivity index (χ1) is 9.27. The summed E-state index contributed by atoms with van der Waals surface area (Å²) >= 11 is 0. The zero-order valence-electron chi connectivity index (χ0n) is 12.9. The van der Waals surface area contributed by atoms with Gasteiger partial charge in [-0.3, -0.25) is 9.59 Å². The molecule has 5 nitrogen and oxygen atoms in total. The fraction of sp³-hybridized carbons (Fsp3) is 0.867. The minimum atomic E-state index is -0.868. The first-order valence-corrected chi connectivity index (χ1v) is 7.16. The second-order valence-electron chi connectivity index (χ2n) is 6.32. The lowest BCUT2D eigenvalue weighted by Crippen LogP contribution is -2.43. The van der Waals surface area contributed by atoms with E-state index in [2.05, 4.69) is 0 Å². The number of methoxy groups -OCH3 is 1. The van der Waals surface area contributed by atoms with Gasteiger partial charge < -0.3 is 14.6 Å². The summed E-state index contributed by atoms with van der Waals surface area (Å²) in [4.78, 5) is 23.6. The van der Waals surface area contributed by atoms with Gasteiger partial charge in [0.25, 0.3) is 0 Å². The highest BCUT2D eigenvalue weighted by Crippen LogP contribution is 2.56. The normalized spacial score (nSPS) is 28.3. The topological polar surface area (TPSA) is 72.8 Å². The van der Waals surface area contributed by atoms with Crippen molar-refractivity contribution in [3.63, 3.8) is 0 Å². The molecule has 0 bridgehead atoms. The van der Waals surface area contributed by atoms with Gasteiger partial charge in [-0.05, 0) is 38.0 Å². The summed E-state index contributed by atoms with van der Waals surface area (Å²) in [6, 6.07) is 0. The lowest BCUT2D eigenvalue weighted by atomic mass is 9.66. The van der Waals surface area contributed by atoms with Crippen LogP contribution in [0.1, 0.15) is 46.5 Å². The fourth-order valence-corrected chi connectivity index (χ4v) is 2.92. The van der Waals surface area contributed by atoms with Crippen LogP contribution in [0.4, 0.5) is 0 Å². The summed E-state index contributed by atoms with van der Waals surface area (Å²) in [7, 11) is 1.64. The van der Waals surface area contributed by atoms with Crippen LogP contribution in [0.3, 0.4) is 0 Å². The molecule has 0 spiro atoms. The lowest BCUT2D eigenvalue weighted by Gasteiger charge is -2.37. The van der Waals surface area contributed by atoms with Crippen molar-refractivity contribution in [2.45, 2.75) is 46.5 Å².